The number of hydrogen-bond donors (Lipinski definition) is 1. The van der Waals surface area contributed by atoms with Crippen LogP contribution < -0.4 is 5.73 Å². The summed E-state index contributed by atoms with van der Waals surface area (Å²) >= 11 is 5.07. The van der Waals surface area contributed by atoms with Crippen molar-refractivity contribution in [2.24, 2.45) is 5.73 Å². The molecule has 2 N–H and O–H groups in total. The van der Waals surface area contributed by atoms with Crippen molar-refractivity contribution in [1.29, 1.82) is 0 Å². The number of piperazine rings is 1. The van der Waals surface area contributed by atoms with Gasteiger partial charge in [-0.1, -0.05) is 19.1 Å². The van der Waals surface area contributed by atoms with Crippen molar-refractivity contribution in [3.05, 3.63) is 0 Å². The van der Waals surface area contributed by atoms with E-state index in [1.807, 2.05) is 13.8 Å². The lowest BCUT2D eigenvalue weighted by molar-refractivity contribution is 0.0536. The second kappa shape index (κ2) is 6.89. The molecule has 0 aromatic rings. The number of thiocarbonyl (C=S) groups is 1. The molecule has 0 radical (unpaired) electrons. The minimum atomic E-state index is -0.229. The molecule has 0 aromatic carbocycles. The first-order valence-electron chi connectivity index (χ1n) is 6.44. The summed E-state index contributed by atoms with van der Waals surface area (Å²) < 4.78 is 5.18. The van der Waals surface area contributed by atoms with Crippen molar-refractivity contribution in [1.82, 2.24) is 9.80 Å². The maximum absolute atomic E-state index is 11.7. The van der Waals surface area contributed by atoms with Gasteiger partial charge in [0.25, 0.3) is 0 Å². The molecule has 1 saturated heterocycles. The molecule has 0 spiro atoms. The lowest BCUT2D eigenvalue weighted by Crippen LogP contribution is -2.54. The molecule has 0 saturated carbocycles. The zero-order chi connectivity index (χ0) is 13.7. The fourth-order valence-electron chi connectivity index (χ4n) is 2.13. The van der Waals surface area contributed by atoms with Gasteiger partial charge in [0.05, 0.1) is 17.1 Å². The first-order chi connectivity index (χ1) is 8.45. The molecule has 0 bridgehead atoms. The third-order valence-corrected chi connectivity index (χ3v) is 3.34. The van der Waals surface area contributed by atoms with Gasteiger partial charge in [0.15, 0.2) is 0 Å². The smallest absolute Gasteiger partial charge is 0.410 e. The van der Waals surface area contributed by atoms with Gasteiger partial charge in [-0.05, 0) is 20.3 Å². The number of nitrogens with zero attached hydrogens (tertiary/aromatic N) is 2. The van der Waals surface area contributed by atoms with Crippen molar-refractivity contribution in [2.45, 2.75) is 39.3 Å². The number of amides is 1. The average molecular weight is 273 g/mol. The maximum atomic E-state index is 11.7. The second-order valence-electron chi connectivity index (χ2n) is 4.78. The topological polar surface area (TPSA) is 58.8 Å². The number of carbonyl (C=O) groups is 1. The molecule has 1 aliphatic heterocycles. The highest BCUT2D eigenvalue weighted by molar-refractivity contribution is 7.80. The third kappa shape index (κ3) is 4.10. The van der Waals surface area contributed by atoms with E-state index in [1.54, 1.807) is 4.90 Å². The Balaban J connectivity index is 2.45. The third-order valence-electron chi connectivity index (χ3n) is 3.06. The SMILES string of the molecule is CCC(C(N)=S)N1CCN(C(=O)OC(C)C)CC1. The van der Waals surface area contributed by atoms with E-state index in [9.17, 15) is 4.79 Å². The standard InChI is InChI=1S/C12H23N3O2S/c1-4-10(11(13)18)14-5-7-15(8-6-14)12(16)17-9(2)3/h9-10H,4-8H2,1-3H3,(H2,13,18). The fraction of sp³-hybridized carbons (Fsp3) is 0.833. The van der Waals surface area contributed by atoms with E-state index in [2.05, 4.69) is 11.8 Å². The van der Waals surface area contributed by atoms with Crippen LogP contribution in [0.25, 0.3) is 0 Å². The van der Waals surface area contributed by atoms with E-state index in [4.69, 9.17) is 22.7 Å². The van der Waals surface area contributed by atoms with Crippen molar-refractivity contribution >= 4 is 23.3 Å². The van der Waals surface area contributed by atoms with Gasteiger partial charge in [-0.15, -0.1) is 0 Å². The molecular formula is C12H23N3O2S. The van der Waals surface area contributed by atoms with Crippen LogP contribution in [0.15, 0.2) is 0 Å². The Kier molecular flexibility index (Phi) is 5.81. The maximum Gasteiger partial charge on any atom is 0.410 e. The lowest BCUT2D eigenvalue weighted by Gasteiger charge is -2.38. The van der Waals surface area contributed by atoms with Crippen LogP contribution in [-0.4, -0.2) is 59.2 Å². The van der Waals surface area contributed by atoms with Crippen LogP contribution in [0.1, 0.15) is 27.2 Å². The van der Waals surface area contributed by atoms with Gasteiger partial charge in [-0.25, -0.2) is 4.79 Å². The Bertz CT molecular complexity index is 302. The van der Waals surface area contributed by atoms with Crippen molar-refractivity contribution in [2.75, 3.05) is 26.2 Å². The van der Waals surface area contributed by atoms with Crippen LogP contribution in [0.5, 0.6) is 0 Å². The van der Waals surface area contributed by atoms with Crippen LogP contribution in [0, 0.1) is 0 Å². The zero-order valence-electron chi connectivity index (χ0n) is 11.4. The summed E-state index contributed by atoms with van der Waals surface area (Å²) in [5, 5.41) is 0. The number of nitrogens with two attached hydrogens (primary N) is 1. The molecule has 0 aromatic heterocycles. The highest BCUT2D eigenvalue weighted by Crippen LogP contribution is 2.11. The molecule has 0 aliphatic carbocycles. The van der Waals surface area contributed by atoms with E-state index in [0.717, 1.165) is 19.5 Å². The Hall–Kier alpha value is -0.880. The molecule has 1 rings (SSSR count). The van der Waals surface area contributed by atoms with Crippen LogP contribution in [0.4, 0.5) is 4.79 Å². The number of rotatable bonds is 4. The molecule has 104 valence electrons. The van der Waals surface area contributed by atoms with Crippen molar-refractivity contribution < 1.29 is 9.53 Å². The van der Waals surface area contributed by atoms with E-state index in [-0.39, 0.29) is 18.2 Å². The normalized spacial score (nSPS) is 18.8. The van der Waals surface area contributed by atoms with E-state index < -0.39 is 0 Å². The fourth-order valence-corrected chi connectivity index (χ4v) is 2.45. The minimum absolute atomic E-state index is 0.0736. The molecule has 1 unspecified atom stereocenters. The molecule has 5 nitrogen and oxygen atoms in total. The highest BCUT2D eigenvalue weighted by Gasteiger charge is 2.27. The number of hydrogen-bond acceptors (Lipinski definition) is 4. The van der Waals surface area contributed by atoms with Crippen LogP contribution in [-0.2, 0) is 4.74 Å². The van der Waals surface area contributed by atoms with Gasteiger partial charge < -0.3 is 15.4 Å². The Labute approximate surface area is 114 Å². The van der Waals surface area contributed by atoms with Crippen molar-refractivity contribution in [3.63, 3.8) is 0 Å². The Morgan fingerprint density at radius 2 is 1.89 bits per heavy atom. The molecule has 1 amide bonds. The van der Waals surface area contributed by atoms with Crippen LogP contribution >= 0.6 is 12.2 Å². The molecule has 1 fully saturated rings. The monoisotopic (exact) mass is 273 g/mol. The minimum Gasteiger partial charge on any atom is -0.447 e. The summed E-state index contributed by atoms with van der Waals surface area (Å²) in [6.07, 6.45) is 0.606. The van der Waals surface area contributed by atoms with Gasteiger partial charge >= 0.3 is 6.09 Å². The first kappa shape index (κ1) is 15.2. The van der Waals surface area contributed by atoms with E-state index in [1.165, 1.54) is 0 Å². The van der Waals surface area contributed by atoms with Gasteiger partial charge in [0, 0.05) is 26.2 Å². The second-order valence-corrected chi connectivity index (χ2v) is 5.25. The summed E-state index contributed by atoms with van der Waals surface area (Å²) in [5.74, 6) is 0. The van der Waals surface area contributed by atoms with Crippen LogP contribution in [0.2, 0.25) is 0 Å². The molecular weight excluding hydrogens is 250 g/mol. The van der Waals surface area contributed by atoms with Crippen LogP contribution in [0.3, 0.4) is 0 Å². The summed E-state index contributed by atoms with van der Waals surface area (Å²) in [6, 6.07) is 0.142. The summed E-state index contributed by atoms with van der Waals surface area (Å²) in [5.41, 5.74) is 5.72. The molecule has 18 heavy (non-hydrogen) atoms. The molecule has 1 aliphatic rings. The first-order valence-corrected chi connectivity index (χ1v) is 6.85. The van der Waals surface area contributed by atoms with Crippen molar-refractivity contribution in [3.8, 4) is 0 Å². The quantitative estimate of drug-likeness (QED) is 0.780. The van der Waals surface area contributed by atoms with Gasteiger partial charge in [-0.2, -0.15) is 0 Å². The lowest BCUT2D eigenvalue weighted by atomic mass is 10.1. The Morgan fingerprint density at radius 3 is 2.28 bits per heavy atom. The highest BCUT2D eigenvalue weighted by atomic mass is 32.1. The summed E-state index contributed by atoms with van der Waals surface area (Å²) in [6.45, 7) is 8.72. The van der Waals surface area contributed by atoms with E-state index >= 15 is 0 Å². The number of carbonyl (C=O) groups excluding carboxylic acids is 1. The van der Waals surface area contributed by atoms with Gasteiger partial charge in [-0.3, -0.25) is 4.90 Å². The van der Waals surface area contributed by atoms with E-state index in [0.29, 0.717) is 18.1 Å². The molecule has 6 heteroatoms. The van der Waals surface area contributed by atoms with Gasteiger partial charge in [0.1, 0.15) is 0 Å². The molecule has 1 atom stereocenters. The average Bonchev–Trinajstić information content (AvgIpc) is 2.29. The summed E-state index contributed by atoms with van der Waals surface area (Å²) in [4.78, 5) is 16.2. The summed E-state index contributed by atoms with van der Waals surface area (Å²) in [7, 11) is 0. The largest absolute Gasteiger partial charge is 0.447 e. The molecule has 1 heterocycles. The van der Waals surface area contributed by atoms with Gasteiger partial charge in [0.2, 0.25) is 0 Å². The Morgan fingerprint density at radius 1 is 1.33 bits per heavy atom. The predicted molar refractivity (Wildman–Crippen MR) is 75.6 cm³/mol. The zero-order valence-corrected chi connectivity index (χ0v) is 12.2. The predicted octanol–water partition coefficient (Wildman–Crippen LogP) is 1.21. The number of ether oxygens (including phenoxy) is 1.